The van der Waals surface area contributed by atoms with Crippen molar-refractivity contribution >= 4 is 37.3 Å². The molecule has 0 aliphatic carbocycles. The second-order valence-corrected chi connectivity index (χ2v) is 7.39. The maximum absolute atomic E-state index is 11.3. The van der Waals surface area contributed by atoms with Gasteiger partial charge in [-0.2, -0.15) is 0 Å². The molecular formula is C10H14BrN3O2S. The molecule has 0 amide bonds. The smallest absolute Gasteiger partial charge is 0.150 e. The fraction of sp³-hybridized carbons (Fsp3) is 0.500. The number of rotatable bonds is 3. The van der Waals surface area contributed by atoms with Gasteiger partial charge < -0.3 is 11.1 Å². The highest BCUT2D eigenvalue weighted by Gasteiger charge is 2.27. The molecule has 94 valence electrons. The van der Waals surface area contributed by atoms with Crippen LogP contribution < -0.4 is 11.1 Å². The molecule has 1 aromatic rings. The predicted octanol–water partition coefficient (Wildman–Crippen LogP) is 1.27. The van der Waals surface area contributed by atoms with Crippen LogP contribution in [0.1, 0.15) is 6.42 Å². The van der Waals surface area contributed by atoms with E-state index in [-0.39, 0.29) is 11.7 Å². The quantitative estimate of drug-likeness (QED) is 0.876. The molecule has 0 bridgehead atoms. The standard InChI is InChI=1S/C10H14BrN3O2S/c11-8-3-9(12)10(14-5-8)13-4-7-1-2-17(15,16)6-7/h3,5,7H,1-2,4,6,12H2,(H,13,14). The molecule has 1 fully saturated rings. The Hall–Kier alpha value is -0.820. The van der Waals surface area contributed by atoms with E-state index >= 15 is 0 Å². The van der Waals surface area contributed by atoms with Gasteiger partial charge >= 0.3 is 0 Å². The summed E-state index contributed by atoms with van der Waals surface area (Å²) in [7, 11) is -2.82. The fourth-order valence-corrected chi connectivity index (χ4v) is 4.09. The van der Waals surface area contributed by atoms with Crippen molar-refractivity contribution in [3.8, 4) is 0 Å². The molecule has 0 saturated carbocycles. The van der Waals surface area contributed by atoms with E-state index in [1.54, 1.807) is 12.3 Å². The van der Waals surface area contributed by atoms with Gasteiger partial charge in [0.15, 0.2) is 9.84 Å². The van der Waals surface area contributed by atoms with Gasteiger partial charge in [-0.05, 0) is 34.3 Å². The molecule has 2 rings (SSSR count). The second-order valence-electron chi connectivity index (χ2n) is 4.24. The van der Waals surface area contributed by atoms with Crippen molar-refractivity contribution in [2.45, 2.75) is 6.42 Å². The first-order chi connectivity index (χ1) is 7.96. The zero-order valence-electron chi connectivity index (χ0n) is 9.19. The van der Waals surface area contributed by atoms with Crippen molar-refractivity contribution < 1.29 is 8.42 Å². The Balaban J connectivity index is 1.95. The van der Waals surface area contributed by atoms with Crippen molar-refractivity contribution in [1.82, 2.24) is 4.98 Å². The summed E-state index contributed by atoms with van der Waals surface area (Å²) in [6, 6.07) is 1.76. The number of hydrogen-bond donors (Lipinski definition) is 2. The van der Waals surface area contributed by atoms with Crippen LogP contribution in [0.25, 0.3) is 0 Å². The Kier molecular flexibility index (Phi) is 3.58. The van der Waals surface area contributed by atoms with E-state index in [2.05, 4.69) is 26.2 Å². The number of sulfone groups is 1. The van der Waals surface area contributed by atoms with E-state index in [9.17, 15) is 8.42 Å². The molecule has 1 aromatic heterocycles. The van der Waals surface area contributed by atoms with Gasteiger partial charge in [-0.1, -0.05) is 0 Å². The molecule has 0 spiro atoms. The molecule has 1 atom stereocenters. The monoisotopic (exact) mass is 319 g/mol. The molecule has 1 aliphatic rings. The van der Waals surface area contributed by atoms with Crippen molar-refractivity contribution in [3.63, 3.8) is 0 Å². The first kappa shape index (κ1) is 12.6. The lowest BCUT2D eigenvalue weighted by atomic mass is 10.1. The number of nitrogens with two attached hydrogens (primary N) is 1. The summed E-state index contributed by atoms with van der Waals surface area (Å²) in [5.74, 6) is 1.32. The molecule has 1 saturated heterocycles. The van der Waals surface area contributed by atoms with Crippen molar-refractivity contribution in [2.75, 3.05) is 29.1 Å². The summed E-state index contributed by atoms with van der Waals surface area (Å²) in [6.07, 6.45) is 2.37. The highest BCUT2D eigenvalue weighted by atomic mass is 79.9. The number of nitrogens with zero attached hydrogens (tertiary/aromatic N) is 1. The van der Waals surface area contributed by atoms with Crippen LogP contribution in [0.5, 0.6) is 0 Å². The first-order valence-electron chi connectivity index (χ1n) is 5.31. The van der Waals surface area contributed by atoms with E-state index < -0.39 is 9.84 Å². The first-order valence-corrected chi connectivity index (χ1v) is 7.93. The second kappa shape index (κ2) is 4.81. The van der Waals surface area contributed by atoms with Gasteiger partial charge in [0.05, 0.1) is 17.2 Å². The predicted molar refractivity (Wildman–Crippen MR) is 71.6 cm³/mol. The van der Waals surface area contributed by atoms with Crippen LogP contribution in [-0.2, 0) is 9.84 Å². The number of nitrogens with one attached hydrogen (secondary N) is 1. The normalized spacial score (nSPS) is 22.5. The number of anilines is 2. The summed E-state index contributed by atoms with van der Waals surface area (Å²) in [4.78, 5) is 4.14. The van der Waals surface area contributed by atoms with Gasteiger partial charge in [0.2, 0.25) is 0 Å². The Bertz CT molecular complexity index is 518. The molecule has 7 heteroatoms. The summed E-state index contributed by atoms with van der Waals surface area (Å²) in [6.45, 7) is 0.595. The molecule has 0 aromatic carbocycles. The lowest BCUT2D eigenvalue weighted by molar-refractivity contribution is 0.596. The van der Waals surface area contributed by atoms with E-state index in [4.69, 9.17) is 5.73 Å². The minimum atomic E-state index is -2.82. The Labute approximate surface area is 109 Å². The largest absolute Gasteiger partial charge is 0.396 e. The summed E-state index contributed by atoms with van der Waals surface area (Å²) >= 11 is 3.28. The maximum atomic E-state index is 11.3. The van der Waals surface area contributed by atoms with Crippen LogP contribution in [0.3, 0.4) is 0 Å². The average Bonchev–Trinajstić information content (AvgIpc) is 2.57. The Morgan fingerprint density at radius 1 is 1.59 bits per heavy atom. The fourth-order valence-electron chi connectivity index (χ4n) is 1.88. The molecule has 1 aliphatic heterocycles. The molecular weight excluding hydrogens is 306 g/mol. The summed E-state index contributed by atoms with van der Waals surface area (Å²) < 4.78 is 23.4. The lowest BCUT2D eigenvalue weighted by Crippen LogP contribution is -2.17. The van der Waals surface area contributed by atoms with Gasteiger partial charge in [0.1, 0.15) is 5.82 Å². The number of hydrogen-bond acceptors (Lipinski definition) is 5. The van der Waals surface area contributed by atoms with E-state index in [0.717, 1.165) is 4.47 Å². The van der Waals surface area contributed by atoms with Gasteiger partial charge in [-0.15, -0.1) is 0 Å². The van der Waals surface area contributed by atoms with Gasteiger partial charge in [-0.3, -0.25) is 0 Å². The zero-order valence-corrected chi connectivity index (χ0v) is 11.6. The van der Waals surface area contributed by atoms with Gasteiger partial charge in [0.25, 0.3) is 0 Å². The third kappa shape index (κ3) is 3.32. The highest BCUT2D eigenvalue weighted by Crippen LogP contribution is 2.22. The van der Waals surface area contributed by atoms with E-state index in [0.29, 0.717) is 30.2 Å². The van der Waals surface area contributed by atoms with E-state index in [1.807, 2.05) is 0 Å². The number of nitrogen functional groups attached to an aromatic ring is 1. The van der Waals surface area contributed by atoms with Crippen LogP contribution in [0.15, 0.2) is 16.7 Å². The minimum Gasteiger partial charge on any atom is -0.396 e. The van der Waals surface area contributed by atoms with E-state index in [1.165, 1.54) is 0 Å². The van der Waals surface area contributed by atoms with Crippen LogP contribution in [-0.4, -0.2) is 31.5 Å². The highest BCUT2D eigenvalue weighted by molar-refractivity contribution is 9.10. The Morgan fingerprint density at radius 3 is 2.94 bits per heavy atom. The summed E-state index contributed by atoms with van der Waals surface area (Å²) in [5.41, 5.74) is 6.34. The van der Waals surface area contributed by atoms with Gasteiger partial charge in [0, 0.05) is 17.2 Å². The van der Waals surface area contributed by atoms with Gasteiger partial charge in [-0.25, -0.2) is 13.4 Å². The molecule has 2 heterocycles. The number of halogens is 1. The maximum Gasteiger partial charge on any atom is 0.150 e. The topological polar surface area (TPSA) is 85.1 Å². The minimum absolute atomic E-state index is 0.157. The van der Waals surface area contributed by atoms with Crippen molar-refractivity contribution in [3.05, 3.63) is 16.7 Å². The Morgan fingerprint density at radius 2 is 2.35 bits per heavy atom. The van der Waals surface area contributed by atoms with Crippen molar-refractivity contribution in [2.24, 2.45) is 5.92 Å². The third-order valence-corrected chi connectivity index (χ3v) is 5.04. The van der Waals surface area contributed by atoms with Crippen LogP contribution in [0, 0.1) is 5.92 Å². The average molecular weight is 320 g/mol. The SMILES string of the molecule is Nc1cc(Br)cnc1NCC1CCS(=O)(=O)C1. The zero-order chi connectivity index (χ0) is 12.5. The lowest BCUT2D eigenvalue weighted by Gasteiger charge is -2.11. The van der Waals surface area contributed by atoms with Crippen LogP contribution in [0.4, 0.5) is 11.5 Å². The molecule has 17 heavy (non-hydrogen) atoms. The number of pyridine rings is 1. The molecule has 0 radical (unpaired) electrons. The number of aromatic nitrogens is 1. The molecule has 5 nitrogen and oxygen atoms in total. The molecule has 1 unspecified atom stereocenters. The van der Waals surface area contributed by atoms with Crippen molar-refractivity contribution in [1.29, 1.82) is 0 Å². The molecule has 3 N–H and O–H groups in total. The summed E-state index contributed by atoms with van der Waals surface area (Å²) in [5, 5.41) is 3.10. The van der Waals surface area contributed by atoms with Crippen LogP contribution >= 0.6 is 15.9 Å². The third-order valence-electron chi connectivity index (χ3n) is 2.77. The van der Waals surface area contributed by atoms with Crippen LogP contribution in [0.2, 0.25) is 0 Å².